The first-order valence-corrected chi connectivity index (χ1v) is 11.6. The van der Waals surface area contributed by atoms with Crippen LogP contribution in [0.25, 0.3) is 44.8 Å². The highest BCUT2D eigenvalue weighted by atomic mass is 79.9. The maximum absolute atomic E-state index is 5.66. The van der Waals surface area contributed by atoms with Gasteiger partial charge in [-0.25, -0.2) is 4.98 Å². The number of methoxy groups -OCH3 is 1. The number of para-hydroxylation sites is 1. The zero-order valence-electron chi connectivity index (χ0n) is 18.2. The summed E-state index contributed by atoms with van der Waals surface area (Å²) in [6.07, 6.45) is 0. The van der Waals surface area contributed by atoms with Gasteiger partial charge in [-0.05, 0) is 58.7 Å². The largest absolute Gasteiger partial charge is 0.496 e. The highest BCUT2D eigenvalue weighted by molar-refractivity contribution is 9.10. The summed E-state index contributed by atoms with van der Waals surface area (Å²) in [5.74, 6) is 0.804. The van der Waals surface area contributed by atoms with Gasteiger partial charge in [0.05, 0.1) is 18.5 Å². The minimum atomic E-state index is 0.804. The molecule has 0 unspecified atom stereocenters. The van der Waals surface area contributed by atoms with Crippen molar-refractivity contribution in [3.63, 3.8) is 0 Å². The summed E-state index contributed by atoms with van der Waals surface area (Å²) in [6.45, 7) is 0. The van der Waals surface area contributed by atoms with Crippen molar-refractivity contribution in [3.05, 3.63) is 120 Å². The quantitative estimate of drug-likeness (QED) is 0.245. The molecule has 0 saturated carbocycles. The number of rotatable bonds is 5. The minimum Gasteiger partial charge on any atom is -0.496 e. The second kappa shape index (κ2) is 9.43. The summed E-state index contributed by atoms with van der Waals surface area (Å²) in [4.78, 5) is 5.05. The smallest absolute Gasteiger partial charge is 0.128 e. The molecule has 0 spiro atoms. The lowest BCUT2D eigenvalue weighted by molar-refractivity contribution is 0.416. The second-order valence-electron chi connectivity index (χ2n) is 7.75. The molecule has 0 fully saturated rings. The third-order valence-electron chi connectivity index (χ3n) is 5.65. The number of aromatic nitrogens is 1. The van der Waals surface area contributed by atoms with Gasteiger partial charge in [-0.3, -0.25) is 0 Å². The molecular formula is C30H22BrNO. The van der Waals surface area contributed by atoms with Crippen LogP contribution >= 0.6 is 15.9 Å². The number of hydrogen-bond acceptors (Lipinski definition) is 2. The van der Waals surface area contributed by atoms with Gasteiger partial charge in [-0.1, -0.05) is 94.8 Å². The fourth-order valence-corrected chi connectivity index (χ4v) is 4.48. The van der Waals surface area contributed by atoms with Gasteiger partial charge in [0, 0.05) is 15.6 Å². The number of ether oxygens (including phenoxy) is 1. The van der Waals surface area contributed by atoms with Crippen LogP contribution < -0.4 is 4.74 Å². The van der Waals surface area contributed by atoms with Gasteiger partial charge in [-0.2, -0.15) is 0 Å². The van der Waals surface area contributed by atoms with Gasteiger partial charge < -0.3 is 4.74 Å². The van der Waals surface area contributed by atoms with E-state index in [1.54, 1.807) is 7.11 Å². The number of halogens is 1. The Labute approximate surface area is 202 Å². The molecule has 0 radical (unpaired) electrons. The minimum absolute atomic E-state index is 0.804. The predicted octanol–water partition coefficient (Wildman–Crippen LogP) is 8.52. The van der Waals surface area contributed by atoms with E-state index in [-0.39, 0.29) is 0 Å². The molecule has 0 N–H and O–H groups in total. The molecule has 0 aliphatic carbocycles. The normalized spacial score (nSPS) is 10.7. The van der Waals surface area contributed by atoms with Gasteiger partial charge in [0.2, 0.25) is 0 Å². The Hall–Kier alpha value is -3.69. The average Bonchev–Trinajstić information content (AvgIpc) is 2.89. The standard InChI is InChI=1S/C30H22BrNO/c1-33-30-17-8-7-16-27(30)29-20-23(19-28(32-29)22-12-9-13-24(31)18-22)26-15-6-5-14-25(26)21-10-3-2-4-11-21/h2-20H,1H3. The van der Waals surface area contributed by atoms with Gasteiger partial charge in [0.1, 0.15) is 5.75 Å². The first kappa shape index (κ1) is 21.2. The van der Waals surface area contributed by atoms with E-state index >= 15 is 0 Å². The van der Waals surface area contributed by atoms with Crippen LogP contribution in [0.2, 0.25) is 0 Å². The van der Waals surface area contributed by atoms with E-state index in [0.717, 1.165) is 38.3 Å². The molecule has 4 aromatic carbocycles. The Balaban J connectivity index is 1.76. The molecule has 0 amide bonds. The SMILES string of the molecule is COc1ccccc1-c1cc(-c2ccccc2-c2ccccc2)cc(-c2cccc(Br)c2)n1. The Kier molecular flexibility index (Phi) is 6.05. The first-order chi connectivity index (χ1) is 16.2. The van der Waals surface area contributed by atoms with Crippen LogP contribution in [0.3, 0.4) is 0 Å². The number of pyridine rings is 1. The van der Waals surface area contributed by atoms with Crippen molar-refractivity contribution in [1.82, 2.24) is 4.98 Å². The Morgan fingerprint density at radius 2 is 1.15 bits per heavy atom. The molecular weight excluding hydrogens is 470 g/mol. The van der Waals surface area contributed by atoms with Gasteiger partial charge in [0.25, 0.3) is 0 Å². The molecule has 5 rings (SSSR count). The monoisotopic (exact) mass is 491 g/mol. The highest BCUT2D eigenvalue weighted by Gasteiger charge is 2.14. The third-order valence-corrected chi connectivity index (χ3v) is 6.14. The van der Waals surface area contributed by atoms with Crippen molar-refractivity contribution in [1.29, 1.82) is 0 Å². The number of hydrogen-bond donors (Lipinski definition) is 0. The molecule has 5 aromatic rings. The Morgan fingerprint density at radius 3 is 1.88 bits per heavy atom. The third kappa shape index (κ3) is 4.46. The molecule has 0 atom stereocenters. The lowest BCUT2D eigenvalue weighted by Crippen LogP contribution is -1.94. The van der Waals surface area contributed by atoms with E-state index in [1.807, 2.05) is 36.4 Å². The maximum Gasteiger partial charge on any atom is 0.128 e. The van der Waals surface area contributed by atoms with Crippen molar-refractivity contribution in [2.75, 3.05) is 7.11 Å². The summed E-state index contributed by atoms with van der Waals surface area (Å²) in [7, 11) is 1.70. The molecule has 33 heavy (non-hydrogen) atoms. The van der Waals surface area contributed by atoms with E-state index in [9.17, 15) is 0 Å². The Morgan fingerprint density at radius 1 is 0.545 bits per heavy atom. The topological polar surface area (TPSA) is 22.1 Å². The van der Waals surface area contributed by atoms with Gasteiger partial charge >= 0.3 is 0 Å². The average molecular weight is 492 g/mol. The van der Waals surface area contributed by atoms with E-state index < -0.39 is 0 Å². The van der Waals surface area contributed by atoms with E-state index in [4.69, 9.17) is 9.72 Å². The summed E-state index contributed by atoms with van der Waals surface area (Å²) < 4.78 is 6.68. The zero-order chi connectivity index (χ0) is 22.6. The highest BCUT2D eigenvalue weighted by Crippen LogP contribution is 2.38. The predicted molar refractivity (Wildman–Crippen MR) is 140 cm³/mol. The van der Waals surface area contributed by atoms with Crippen LogP contribution in [0, 0.1) is 0 Å². The summed E-state index contributed by atoms with van der Waals surface area (Å²) in [5, 5.41) is 0. The van der Waals surface area contributed by atoms with E-state index in [1.165, 1.54) is 16.7 Å². The molecule has 160 valence electrons. The van der Waals surface area contributed by atoms with Gasteiger partial charge in [0.15, 0.2) is 0 Å². The first-order valence-electron chi connectivity index (χ1n) is 10.8. The summed E-state index contributed by atoms with van der Waals surface area (Å²) in [6, 6.07) is 39.6. The summed E-state index contributed by atoms with van der Waals surface area (Å²) in [5.41, 5.74) is 8.47. The van der Waals surface area contributed by atoms with Crippen molar-refractivity contribution in [2.45, 2.75) is 0 Å². The van der Waals surface area contributed by atoms with E-state index in [2.05, 4.69) is 94.8 Å². The fraction of sp³-hybridized carbons (Fsp3) is 0.0333. The van der Waals surface area contributed by atoms with Crippen molar-refractivity contribution in [2.24, 2.45) is 0 Å². The number of nitrogens with zero attached hydrogens (tertiary/aromatic N) is 1. The second-order valence-corrected chi connectivity index (χ2v) is 8.66. The lowest BCUT2D eigenvalue weighted by Gasteiger charge is -2.15. The fourth-order valence-electron chi connectivity index (χ4n) is 4.08. The van der Waals surface area contributed by atoms with Crippen LogP contribution in [0.4, 0.5) is 0 Å². The molecule has 0 aliphatic heterocycles. The van der Waals surface area contributed by atoms with Crippen LogP contribution in [-0.4, -0.2) is 12.1 Å². The van der Waals surface area contributed by atoms with Gasteiger partial charge in [-0.15, -0.1) is 0 Å². The molecule has 0 bridgehead atoms. The summed E-state index contributed by atoms with van der Waals surface area (Å²) >= 11 is 3.60. The van der Waals surface area contributed by atoms with Crippen molar-refractivity contribution in [3.8, 4) is 50.5 Å². The lowest BCUT2D eigenvalue weighted by atomic mass is 9.93. The molecule has 2 nitrogen and oxygen atoms in total. The molecule has 1 heterocycles. The van der Waals surface area contributed by atoms with Crippen molar-refractivity contribution < 1.29 is 4.74 Å². The van der Waals surface area contributed by atoms with E-state index in [0.29, 0.717) is 0 Å². The van der Waals surface area contributed by atoms with Crippen LogP contribution in [0.15, 0.2) is 120 Å². The molecule has 3 heteroatoms. The van der Waals surface area contributed by atoms with Crippen LogP contribution in [0.1, 0.15) is 0 Å². The van der Waals surface area contributed by atoms with Crippen LogP contribution in [0.5, 0.6) is 5.75 Å². The zero-order valence-corrected chi connectivity index (χ0v) is 19.8. The van der Waals surface area contributed by atoms with Crippen molar-refractivity contribution >= 4 is 15.9 Å². The Bertz CT molecular complexity index is 1410. The molecule has 0 saturated heterocycles. The molecule has 1 aromatic heterocycles. The maximum atomic E-state index is 5.66. The molecule has 0 aliphatic rings. The number of benzene rings is 4. The van der Waals surface area contributed by atoms with Crippen LogP contribution in [-0.2, 0) is 0 Å².